The average Bonchev–Trinajstić information content (AvgIpc) is 3.14. The largest absolute Gasteiger partial charge is 0.309 e. The fourth-order valence-electron chi connectivity index (χ4n) is 2.79. The van der Waals surface area contributed by atoms with Crippen LogP contribution in [0.15, 0.2) is 29.6 Å². The molecule has 0 radical (unpaired) electrons. The summed E-state index contributed by atoms with van der Waals surface area (Å²) < 4.78 is 0. The van der Waals surface area contributed by atoms with Crippen molar-refractivity contribution in [2.75, 3.05) is 6.54 Å². The minimum absolute atomic E-state index is 0.416. The lowest BCUT2D eigenvalue weighted by molar-refractivity contribution is 0.407. The van der Waals surface area contributed by atoms with E-state index in [0.29, 0.717) is 6.04 Å². The summed E-state index contributed by atoms with van der Waals surface area (Å²) in [6.45, 7) is 1.10. The Hall–Kier alpha value is -1.72. The minimum atomic E-state index is 0.416. The number of nitrogens with zero attached hydrogens (tertiary/aromatic N) is 2. The average molecular weight is 284 g/mol. The molecule has 1 aliphatic rings. The van der Waals surface area contributed by atoms with Crippen LogP contribution in [0.25, 0.3) is 21.6 Å². The molecule has 4 nitrogen and oxygen atoms in total. The van der Waals surface area contributed by atoms with Crippen molar-refractivity contribution < 1.29 is 0 Å². The monoisotopic (exact) mass is 284 g/mol. The van der Waals surface area contributed by atoms with E-state index >= 15 is 0 Å². The number of piperidine rings is 1. The highest BCUT2D eigenvalue weighted by Gasteiger charge is 2.19. The second kappa shape index (κ2) is 5.00. The van der Waals surface area contributed by atoms with Crippen LogP contribution < -0.4 is 5.32 Å². The standard InChI is InChI=1S/C15H16N4S/c1-2-6-11-10(5-1)14(19-18-11)15-17-13(9-20-15)12-7-3-4-8-16-12/h1-2,5-6,9,12,16H,3-4,7-8H2,(H,18,19). The molecule has 0 spiro atoms. The summed E-state index contributed by atoms with van der Waals surface area (Å²) in [5.41, 5.74) is 3.19. The van der Waals surface area contributed by atoms with Crippen molar-refractivity contribution in [3.8, 4) is 10.7 Å². The van der Waals surface area contributed by atoms with Crippen LogP contribution in [0, 0.1) is 0 Å². The first-order valence-corrected chi connectivity index (χ1v) is 7.92. The topological polar surface area (TPSA) is 53.6 Å². The first-order valence-electron chi connectivity index (χ1n) is 7.04. The molecule has 1 unspecified atom stereocenters. The van der Waals surface area contributed by atoms with Crippen molar-refractivity contribution in [3.63, 3.8) is 0 Å². The van der Waals surface area contributed by atoms with E-state index in [-0.39, 0.29) is 0 Å². The van der Waals surface area contributed by atoms with Crippen LogP contribution in [0.4, 0.5) is 0 Å². The number of nitrogens with one attached hydrogen (secondary N) is 2. The maximum Gasteiger partial charge on any atom is 0.144 e. The number of hydrogen-bond acceptors (Lipinski definition) is 4. The van der Waals surface area contributed by atoms with E-state index in [9.17, 15) is 0 Å². The molecule has 5 heteroatoms. The van der Waals surface area contributed by atoms with Crippen molar-refractivity contribution >= 4 is 22.2 Å². The highest BCUT2D eigenvalue weighted by Crippen LogP contribution is 2.31. The summed E-state index contributed by atoms with van der Waals surface area (Å²) in [5, 5.41) is 15.4. The van der Waals surface area contributed by atoms with Gasteiger partial charge in [-0.1, -0.05) is 24.6 Å². The number of thiazole rings is 1. The van der Waals surface area contributed by atoms with Crippen LogP contribution in [0.1, 0.15) is 31.0 Å². The van der Waals surface area contributed by atoms with Crippen LogP contribution in [0.2, 0.25) is 0 Å². The zero-order chi connectivity index (χ0) is 13.4. The van der Waals surface area contributed by atoms with Gasteiger partial charge in [0.25, 0.3) is 0 Å². The smallest absolute Gasteiger partial charge is 0.144 e. The molecule has 4 rings (SSSR count). The molecule has 1 aromatic carbocycles. The first-order chi connectivity index (χ1) is 9.92. The van der Waals surface area contributed by atoms with Gasteiger partial charge in [0, 0.05) is 10.8 Å². The summed E-state index contributed by atoms with van der Waals surface area (Å²) in [6, 6.07) is 8.61. The van der Waals surface area contributed by atoms with Crippen LogP contribution >= 0.6 is 11.3 Å². The molecule has 1 aliphatic heterocycles. The van der Waals surface area contributed by atoms with E-state index in [4.69, 9.17) is 4.98 Å². The van der Waals surface area contributed by atoms with E-state index in [0.717, 1.165) is 33.8 Å². The van der Waals surface area contributed by atoms with E-state index in [1.807, 2.05) is 18.2 Å². The quantitative estimate of drug-likeness (QED) is 0.757. The van der Waals surface area contributed by atoms with Crippen molar-refractivity contribution in [2.24, 2.45) is 0 Å². The summed E-state index contributed by atoms with van der Waals surface area (Å²) >= 11 is 1.68. The molecule has 0 amide bonds. The number of aromatic amines is 1. The lowest BCUT2D eigenvalue weighted by Crippen LogP contribution is -2.26. The number of H-pyrrole nitrogens is 1. The van der Waals surface area contributed by atoms with Gasteiger partial charge in [0.1, 0.15) is 10.7 Å². The highest BCUT2D eigenvalue weighted by molar-refractivity contribution is 7.13. The Morgan fingerprint density at radius 1 is 1.20 bits per heavy atom. The van der Waals surface area contributed by atoms with Gasteiger partial charge < -0.3 is 5.32 Å². The zero-order valence-electron chi connectivity index (χ0n) is 11.1. The lowest BCUT2D eigenvalue weighted by Gasteiger charge is -2.21. The second-order valence-electron chi connectivity index (χ2n) is 5.20. The molecule has 0 saturated carbocycles. The van der Waals surface area contributed by atoms with Gasteiger partial charge >= 0.3 is 0 Å². The number of para-hydroxylation sites is 1. The molecule has 1 atom stereocenters. The molecular formula is C15H16N4S. The summed E-state index contributed by atoms with van der Waals surface area (Å²) in [7, 11) is 0. The summed E-state index contributed by atoms with van der Waals surface area (Å²) in [6.07, 6.45) is 3.75. The molecular weight excluding hydrogens is 268 g/mol. The Morgan fingerprint density at radius 2 is 2.15 bits per heavy atom. The summed E-state index contributed by atoms with van der Waals surface area (Å²) in [4.78, 5) is 4.80. The van der Waals surface area contributed by atoms with Crippen LogP contribution in [0.3, 0.4) is 0 Å². The van der Waals surface area contributed by atoms with Crippen LogP contribution in [0.5, 0.6) is 0 Å². The number of rotatable bonds is 2. The maximum absolute atomic E-state index is 4.80. The third-order valence-corrected chi connectivity index (χ3v) is 4.73. The number of aromatic nitrogens is 3. The van der Waals surface area contributed by atoms with Crippen molar-refractivity contribution in [1.29, 1.82) is 0 Å². The van der Waals surface area contributed by atoms with E-state index in [1.54, 1.807) is 11.3 Å². The van der Waals surface area contributed by atoms with E-state index in [1.165, 1.54) is 19.3 Å². The predicted molar refractivity (Wildman–Crippen MR) is 81.8 cm³/mol. The molecule has 2 N–H and O–H groups in total. The molecule has 0 bridgehead atoms. The highest BCUT2D eigenvalue weighted by atomic mass is 32.1. The molecule has 20 heavy (non-hydrogen) atoms. The second-order valence-corrected chi connectivity index (χ2v) is 6.06. The molecule has 3 aromatic rings. The van der Waals surface area contributed by atoms with Crippen LogP contribution in [-0.2, 0) is 0 Å². The van der Waals surface area contributed by atoms with Gasteiger partial charge in [0.05, 0.1) is 17.3 Å². The van der Waals surface area contributed by atoms with E-state index in [2.05, 4.69) is 27.0 Å². The zero-order valence-corrected chi connectivity index (χ0v) is 11.9. The molecule has 102 valence electrons. The van der Waals surface area contributed by atoms with Gasteiger partial charge in [-0.3, -0.25) is 5.10 Å². The third-order valence-electron chi connectivity index (χ3n) is 3.86. The van der Waals surface area contributed by atoms with Gasteiger partial charge in [0.15, 0.2) is 0 Å². The van der Waals surface area contributed by atoms with Crippen molar-refractivity contribution in [1.82, 2.24) is 20.5 Å². The Kier molecular flexibility index (Phi) is 3.01. The Balaban J connectivity index is 1.70. The van der Waals surface area contributed by atoms with Crippen LogP contribution in [-0.4, -0.2) is 21.7 Å². The first kappa shape index (κ1) is 12.1. The minimum Gasteiger partial charge on any atom is -0.309 e. The van der Waals surface area contributed by atoms with Crippen molar-refractivity contribution in [2.45, 2.75) is 25.3 Å². The predicted octanol–water partition coefficient (Wildman–Crippen LogP) is 3.50. The number of hydrogen-bond donors (Lipinski definition) is 2. The van der Waals surface area contributed by atoms with Gasteiger partial charge in [-0.05, 0) is 25.5 Å². The molecule has 1 saturated heterocycles. The molecule has 1 fully saturated rings. The number of benzene rings is 1. The van der Waals surface area contributed by atoms with Gasteiger partial charge in [0.2, 0.25) is 0 Å². The molecule has 2 aromatic heterocycles. The Bertz CT molecular complexity index is 724. The lowest BCUT2D eigenvalue weighted by atomic mass is 10.0. The SMILES string of the molecule is c1ccc2c(-c3nc(C4CCCCN4)cs3)n[nH]c2c1. The van der Waals surface area contributed by atoms with Gasteiger partial charge in [-0.2, -0.15) is 5.10 Å². The normalized spacial score (nSPS) is 19.5. The maximum atomic E-state index is 4.80. The Labute approximate surface area is 121 Å². The fraction of sp³-hybridized carbons (Fsp3) is 0.333. The van der Waals surface area contributed by atoms with Gasteiger partial charge in [-0.25, -0.2) is 4.98 Å². The molecule has 0 aliphatic carbocycles. The Morgan fingerprint density at radius 3 is 3.05 bits per heavy atom. The molecule has 3 heterocycles. The number of fused-ring (bicyclic) bond motifs is 1. The third kappa shape index (κ3) is 2.03. The summed E-state index contributed by atoms with van der Waals surface area (Å²) in [5.74, 6) is 0. The van der Waals surface area contributed by atoms with Crippen molar-refractivity contribution in [3.05, 3.63) is 35.3 Å². The van der Waals surface area contributed by atoms with Gasteiger partial charge in [-0.15, -0.1) is 11.3 Å². The fourth-order valence-corrected chi connectivity index (χ4v) is 3.66. The van der Waals surface area contributed by atoms with E-state index < -0.39 is 0 Å².